The van der Waals surface area contributed by atoms with Crippen molar-refractivity contribution in [1.82, 2.24) is 0 Å². The Hall–Kier alpha value is -2.44. The van der Waals surface area contributed by atoms with Crippen LogP contribution in [0.15, 0.2) is 18.2 Å². The molecule has 1 atom stereocenters. The number of carboxylic acids is 1. The molecule has 0 aliphatic heterocycles. The van der Waals surface area contributed by atoms with Gasteiger partial charge in [-0.15, -0.1) is 0 Å². The van der Waals surface area contributed by atoms with Crippen molar-refractivity contribution in [2.24, 2.45) is 11.3 Å². The van der Waals surface area contributed by atoms with Crippen LogP contribution in [-0.2, 0) is 9.59 Å². The first kappa shape index (κ1) is 16.6. The molecule has 0 aromatic heterocycles. The number of carbonyl (C=O) groups excluding carboxylic acids is 1. The second-order valence-corrected chi connectivity index (χ2v) is 5.83. The third-order valence-electron chi connectivity index (χ3n) is 3.13. The summed E-state index contributed by atoms with van der Waals surface area (Å²) < 4.78 is 0. The molecule has 0 aliphatic rings. The molecule has 1 unspecified atom stereocenters. The monoisotopic (exact) mass is 294 g/mol. The summed E-state index contributed by atoms with van der Waals surface area (Å²) in [6, 6.07) is 4.26. The Morgan fingerprint density at radius 1 is 1.33 bits per heavy atom. The zero-order chi connectivity index (χ0) is 16.4. The molecule has 0 radical (unpaired) electrons. The van der Waals surface area contributed by atoms with E-state index in [1.807, 2.05) is 0 Å². The van der Waals surface area contributed by atoms with Gasteiger partial charge < -0.3 is 10.4 Å². The van der Waals surface area contributed by atoms with E-state index in [1.54, 1.807) is 20.8 Å². The maximum atomic E-state index is 12.2. The number of amides is 1. The molecular weight excluding hydrogens is 276 g/mol. The molecule has 0 bridgehead atoms. The van der Waals surface area contributed by atoms with Gasteiger partial charge >= 0.3 is 5.97 Å². The Balaban J connectivity index is 3.11. The fourth-order valence-electron chi connectivity index (χ4n) is 2.04. The molecule has 0 saturated carbocycles. The van der Waals surface area contributed by atoms with Gasteiger partial charge in [0.05, 0.1) is 16.2 Å². The van der Waals surface area contributed by atoms with Crippen LogP contribution in [0.3, 0.4) is 0 Å². The van der Waals surface area contributed by atoms with Gasteiger partial charge in [0.2, 0.25) is 5.91 Å². The zero-order valence-electron chi connectivity index (χ0n) is 12.3. The van der Waals surface area contributed by atoms with Crippen molar-refractivity contribution >= 4 is 23.3 Å². The van der Waals surface area contributed by atoms with Crippen LogP contribution in [0.1, 0.15) is 26.3 Å². The van der Waals surface area contributed by atoms with Gasteiger partial charge in [-0.2, -0.15) is 0 Å². The van der Waals surface area contributed by atoms with Crippen molar-refractivity contribution in [2.75, 3.05) is 5.32 Å². The summed E-state index contributed by atoms with van der Waals surface area (Å²) in [6.07, 6.45) is 0. The average Bonchev–Trinajstić information content (AvgIpc) is 2.28. The first-order chi connectivity index (χ1) is 9.55. The summed E-state index contributed by atoms with van der Waals surface area (Å²) in [7, 11) is 0. The van der Waals surface area contributed by atoms with Crippen molar-refractivity contribution in [3.05, 3.63) is 33.9 Å². The molecule has 7 heteroatoms. The smallest absolute Gasteiger partial charge is 0.316 e. The summed E-state index contributed by atoms with van der Waals surface area (Å²) in [6.45, 7) is 6.43. The lowest BCUT2D eigenvalue weighted by molar-refractivity contribution is -0.385. The summed E-state index contributed by atoms with van der Waals surface area (Å²) in [4.78, 5) is 33.7. The highest BCUT2D eigenvalue weighted by molar-refractivity contribution is 6.05. The van der Waals surface area contributed by atoms with E-state index in [9.17, 15) is 24.8 Å². The molecule has 1 rings (SSSR count). The topological polar surface area (TPSA) is 110 Å². The quantitative estimate of drug-likeness (QED) is 0.504. The van der Waals surface area contributed by atoms with Crippen LogP contribution in [0.2, 0.25) is 0 Å². The minimum Gasteiger partial charge on any atom is -0.481 e. The normalized spacial score (nSPS) is 12.6. The minimum atomic E-state index is -1.25. The highest BCUT2D eigenvalue weighted by Crippen LogP contribution is 2.30. The molecule has 0 fully saturated rings. The molecule has 114 valence electrons. The second kappa shape index (κ2) is 5.90. The highest BCUT2D eigenvalue weighted by Gasteiger charge is 2.38. The number of carbonyl (C=O) groups is 2. The third-order valence-corrected chi connectivity index (χ3v) is 3.13. The van der Waals surface area contributed by atoms with Gasteiger partial charge in [-0.1, -0.05) is 26.8 Å². The van der Waals surface area contributed by atoms with E-state index in [2.05, 4.69) is 5.32 Å². The Morgan fingerprint density at radius 3 is 2.33 bits per heavy atom. The van der Waals surface area contributed by atoms with E-state index in [0.717, 1.165) is 0 Å². The van der Waals surface area contributed by atoms with E-state index in [1.165, 1.54) is 25.1 Å². The lowest BCUT2D eigenvalue weighted by atomic mass is 9.80. The van der Waals surface area contributed by atoms with Crippen LogP contribution in [0, 0.1) is 28.4 Å². The van der Waals surface area contributed by atoms with E-state index >= 15 is 0 Å². The molecule has 1 aromatic rings. The molecule has 0 saturated heterocycles. The number of rotatable bonds is 4. The molecule has 1 aromatic carbocycles. The van der Waals surface area contributed by atoms with Crippen molar-refractivity contribution in [3.63, 3.8) is 0 Å². The van der Waals surface area contributed by atoms with Gasteiger partial charge in [0.15, 0.2) is 0 Å². The van der Waals surface area contributed by atoms with Gasteiger partial charge in [-0.3, -0.25) is 19.7 Å². The lowest BCUT2D eigenvalue weighted by Crippen LogP contribution is -2.39. The Morgan fingerprint density at radius 2 is 1.90 bits per heavy atom. The summed E-state index contributed by atoms with van der Waals surface area (Å²) in [5.74, 6) is -3.18. The predicted molar refractivity (Wildman–Crippen MR) is 77.0 cm³/mol. The fraction of sp³-hybridized carbons (Fsp3) is 0.429. The molecule has 7 nitrogen and oxygen atoms in total. The Kier molecular flexibility index (Phi) is 4.67. The standard InChI is InChI=1S/C14H18N2O5/c1-8-9(6-5-7-10(8)16(20)21)15-12(17)11(13(18)19)14(2,3)4/h5-7,11H,1-4H3,(H,15,17)(H,18,19). The van der Waals surface area contributed by atoms with E-state index in [-0.39, 0.29) is 16.9 Å². The van der Waals surface area contributed by atoms with Crippen LogP contribution >= 0.6 is 0 Å². The summed E-state index contributed by atoms with van der Waals surface area (Å²) >= 11 is 0. The minimum absolute atomic E-state index is 0.129. The van der Waals surface area contributed by atoms with Gasteiger partial charge in [0, 0.05) is 6.07 Å². The van der Waals surface area contributed by atoms with Crippen molar-refractivity contribution < 1.29 is 19.6 Å². The number of benzene rings is 1. The zero-order valence-corrected chi connectivity index (χ0v) is 12.3. The van der Waals surface area contributed by atoms with E-state index < -0.39 is 28.1 Å². The van der Waals surface area contributed by atoms with Gasteiger partial charge in [-0.05, 0) is 18.4 Å². The number of anilines is 1. The molecule has 0 spiro atoms. The summed E-state index contributed by atoms with van der Waals surface area (Å²) in [5.41, 5.74) is -0.376. The molecule has 1 amide bonds. The predicted octanol–water partition coefficient (Wildman–Crippen LogP) is 2.59. The number of nitrogens with one attached hydrogen (secondary N) is 1. The number of nitro benzene ring substituents is 1. The van der Waals surface area contributed by atoms with Crippen molar-refractivity contribution in [3.8, 4) is 0 Å². The van der Waals surface area contributed by atoms with E-state index in [4.69, 9.17) is 0 Å². The maximum absolute atomic E-state index is 12.2. The van der Waals surface area contributed by atoms with Crippen molar-refractivity contribution in [2.45, 2.75) is 27.7 Å². The number of nitrogens with zero attached hydrogens (tertiary/aromatic N) is 1. The van der Waals surface area contributed by atoms with E-state index in [0.29, 0.717) is 0 Å². The van der Waals surface area contributed by atoms with Crippen LogP contribution in [0.4, 0.5) is 11.4 Å². The number of nitro groups is 1. The van der Waals surface area contributed by atoms with Crippen molar-refractivity contribution in [1.29, 1.82) is 0 Å². The van der Waals surface area contributed by atoms with Crippen LogP contribution in [-0.4, -0.2) is 21.9 Å². The number of aliphatic carboxylic acids is 1. The van der Waals surface area contributed by atoms with Gasteiger partial charge in [-0.25, -0.2) is 0 Å². The SMILES string of the molecule is Cc1c(NC(=O)C(C(=O)O)C(C)(C)C)cccc1[N+](=O)[O-]. The average molecular weight is 294 g/mol. The first-order valence-electron chi connectivity index (χ1n) is 6.33. The molecule has 0 aliphatic carbocycles. The second-order valence-electron chi connectivity index (χ2n) is 5.83. The number of hydrogen-bond acceptors (Lipinski definition) is 4. The molecule has 0 heterocycles. The molecule has 21 heavy (non-hydrogen) atoms. The van der Waals surface area contributed by atoms with Crippen LogP contribution in [0.25, 0.3) is 0 Å². The maximum Gasteiger partial charge on any atom is 0.316 e. The van der Waals surface area contributed by atoms with Crippen LogP contribution in [0.5, 0.6) is 0 Å². The van der Waals surface area contributed by atoms with Gasteiger partial charge in [0.25, 0.3) is 5.69 Å². The highest BCUT2D eigenvalue weighted by atomic mass is 16.6. The molecule has 2 N–H and O–H groups in total. The largest absolute Gasteiger partial charge is 0.481 e. The first-order valence-corrected chi connectivity index (χ1v) is 6.33. The fourth-order valence-corrected chi connectivity index (χ4v) is 2.04. The Labute approximate surface area is 122 Å². The van der Waals surface area contributed by atoms with Gasteiger partial charge in [0.1, 0.15) is 5.92 Å². The Bertz CT molecular complexity index is 590. The third kappa shape index (κ3) is 3.77. The lowest BCUT2D eigenvalue weighted by Gasteiger charge is -2.26. The number of hydrogen-bond donors (Lipinski definition) is 2. The van der Waals surface area contributed by atoms with Crippen LogP contribution < -0.4 is 5.32 Å². The summed E-state index contributed by atoms with van der Waals surface area (Å²) in [5, 5.41) is 22.5. The number of carboxylic acid groups (broad SMARTS) is 1. The molecular formula is C14H18N2O5.